The first-order valence-electron chi connectivity index (χ1n) is 73.9. The van der Waals surface area contributed by atoms with E-state index in [4.69, 9.17) is 159 Å². The molecule has 0 saturated carbocycles. The summed E-state index contributed by atoms with van der Waals surface area (Å²) in [5.74, 6) is -43.3. The third-order valence-electron chi connectivity index (χ3n) is 18.4. The van der Waals surface area contributed by atoms with E-state index in [1.807, 2.05) is 0 Å². The second kappa shape index (κ2) is 43.9. The van der Waals surface area contributed by atoms with E-state index in [1.165, 1.54) is 83.8 Å². The van der Waals surface area contributed by atoms with Crippen molar-refractivity contribution in [1.29, 1.82) is 0 Å². The highest BCUT2D eigenvalue weighted by Crippen LogP contribution is 2.50. The number of piperidine rings is 4. The van der Waals surface area contributed by atoms with Crippen LogP contribution in [0.3, 0.4) is 0 Å². The van der Waals surface area contributed by atoms with Gasteiger partial charge in [0.15, 0.2) is 46.0 Å². The summed E-state index contributed by atoms with van der Waals surface area (Å²) in [4.78, 5) is 55.4. The van der Waals surface area contributed by atoms with Crippen molar-refractivity contribution < 1.29 is 177 Å². The van der Waals surface area contributed by atoms with Gasteiger partial charge in [0, 0.05) is 213 Å². The SMILES string of the molecule is [2H]C([2H])([2H])Oc1cc2c(cc1OC)C1N(C([2H])([2H])C2([2H])[2H])C([2H])([2H])C([2H])(CC(C)C)C(OC(=O)[C@@]([2H])(N)C([2H])(C([2H])([2H])[2H])C([2H])([2H])[2H])C1([2H])[2H].[2H]C([2H])([2H])Oc1cc2c(cc1OC)C1N(C([2H])([2H])C2([2H])[2H])C([2H])([2H])C([2H])(CC(C)C)C(OC(=O)[C@@]([2H])(N)C([2H])(C([2H])([2H])[2H])C([2H])([2H])[2H])C1([2H])[2H].[2H]C1([2H])C2c3cc(OC)c(OC)cc3C([2H])([2H])C([2H])([2H])N2C([2H])([2H])C([2H])(CC(C)C)C1OC(=O)[C@@]([2H])(N)C([2H])(C([2H])([2H])[2H])C([2H])([2H])[2H].[2H]C1([2H])C2c3cc(OC)c(OC)cc3C([2H])([2H])C([2H])([2H])N2C([2H])([2H])C([2H])(CC(C)C)C1OC(=O)[C@@]([2H])(N)C([2H])(C([2H])([2H])[2H])C([2H])([2H])[2H]. The van der Waals surface area contributed by atoms with E-state index in [0.717, 1.165) is 62.8 Å². The smallest absolute Gasteiger partial charge is 0.323 e. The first-order valence-corrected chi connectivity index (χ1v) is 36.9. The molecule has 4 fully saturated rings. The molecule has 4 aromatic rings. The molecule has 120 heavy (non-hydrogen) atoms. The van der Waals surface area contributed by atoms with Crippen LogP contribution < -0.4 is 60.8 Å². The summed E-state index contributed by atoms with van der Waals surface area (Å²) < 4.78 is 685. The van der Waals surface area contributed by atoms with Crippen LogP contribution in [0.4, 0.5) is 0 Å². The molecule has 8 heterocycles. The van der Waals surface area contributed by atoms with Crippen LogP contribution in [0.2, 0.25) is 0 Å². The molecule has 16 atom stereocenters. The molecule has 8 aliphatic rings. The monoisotopic (exact) mass is 1750 g/mol. The number of hydrogen-bond donors (Lipinski definition) is 4. The third kappa shape index (κ3) is 23.8. The molecule has 24 heteroatoms. The number of carbonyl (C=O) groups excluding carboxylic acids is 4. The maximum absolute atomic E-state index is 13.7. The minimum Gasteiger partial charge on any atom is -0.493 e. The van der Waals surface area contributed by atoms with Crippen LogP contribution in [0.1, 0.15) is 331 Å². The Kier molecular flexibility index (Phi) is 13.6. The lowest BCUT2D eigenvalue weighted by Gasteiger charge is -2.47. The Bertz CT molecular complexity index is 6990. The van der Waals surface area contributed by atoms with Gasteiger partial charge in [-0.3, -0.25) is 38.8 Å². The quantitative estimate of drug-likeness (QED) is 0.0303. The Balaban J connectivity index is 0.000000281. The maximum atomic E-state index is 13.7. The van der Waals surface area contributed by atoms with Crippen LogP contribution in [0.25, 0.3) is 0 Å². The fourth-order valence-electron chi connectivity index (χ4n) is 12.8. The minimum absolute atomic E-state index is 0.0837. The fraction of sp³-hybridized carbons (Fsp3) is 0.708. The third-order valence-corrected chi connectivity index (χ3v) is 18.4. The summed E-state index contributed by atoms with van der Waals surface area (Å²) in [6.45, 7) is -47.6. The Morgan fingerprint density at radius 3 is 0.717 bits per heavy atom. The molecule has 8 aliphatic heterocycles. The Hall–Kier alpha value is -7.16. The topological polar surface area (TPSA) is 296 Å². The predicted molar refractivity (Wildman–Crippen MR) is 471 cm³/mol. The van der Waals surface area contributed by atoms with Crippen LogP contribution in [0.5, 0.6) is 46.0 Å². The summed E-state index contributed by atoms with van der Waals surface area (Å²) >= 11 is 0. The van der Waals surface area contributed by atoms with Gasteiger partial charge in [-0.2, -0.15) is 0 Å². The molecule has 12 unspecified atom stereocenters. The van der Waals surface area contributed by atoms with E-state index in [1.54, 1.807) is 0 Å². The molecule has 0 aliphatic carbocycles. The van der Waals surface area contributed by atoms with Gasteiger partial charge in [0.05, 0.1) is 70.4 Å². The predicted octanol–water partition coefficient (Wildman–Crippen LogP) is 14.3. The Morgan fingerprint density at radius 2 is 0.542 bits per heavy atom. The van der Waals surface area contributed by atoms with Gasteiger partial charge in [-0.05, 0) is 191 Å². The standard InChI is InChI=1S/4C24H38N2O4/c4*1-14(2)9-17-13-26-8-7-16-10-21(28-5)22(29-6)11-18(16)19(26)12-20(17)30-24(27)23(25)15(3)4/h4*10-11,14-15,17,19-20,23H,7-9,12-13,25H2,1-6H3/t4*17?,19?,20?,23-/m0000/s1/i2*3D3,4D3,5D3,7D2,8D2,12D2,13D2,15D,17D,23D;2*3D3,4D3,7D2,8D2,12D2,13D2,15D,17D,23D. The van der Waals surface area contributed by atoms with Gasteiger partial charge in [0.2, 0.25) is 0 Å². The van der Waals surface area contributed by atoms with E-state index in [2.05, 4.69) is 0 Å². The average Bonchev–Trinajstić information content (AvgIpc) is 0.666. The summed E-state index contributed by atoms with van der Waals surface area (Å²) in [5, 5.41) is 0. The van der Waals surface area contributed by atoms with E-state index in [-0.39, 0.29) is 53.7 Å². The molecule has 24 nitrogen and oxygen atoms in total. The number of esters is 4. The zero-order valence-electron chi connectivity index (χ0n) is 142. The number of carbonyl (C=O) groups is 4. The Labute approximate surface area is 822 Å². The number of nitrogens with two attached hydrogens (primary N) is 4. The zero-order valence-corrected chi connectivity index (χ0v) is 68.0. The summed E-state index contributed by atoms with van der Waals surface area (Å²) in [7, 11) is 0.641. The number of aryl methyl sites for hydroxylation is 4. The van der Waals surface area contributed by atoms with Gasteiger partial charge in [0.1, 0.15) is 48.5 Å². The molecular formula is C96H152N8O16. The molecule has 0 aromatic heterocycles. The van der Waals surface area contributed by atoms with Crippen molar-refractivity contribution in [1.82, 2.24) is 19.6 Å². The van der Waals surface area contributed by atoms with Gasteiger partial charge in [-0.25, -0.2) is 0 Å². The first kappa shape index (κ1) is 37.2. The van der Waals surface area contributed by atoms with Crippen molar-refractivity contribution in [2.24, 2.45) is 93.8 Å². The highest BCUT2D eigenvalue weighted by atomic mass is 16.6. The van der Waals surface area contributed by atoms with E-state index in [0.29, 0.717) is 0 Å². The van der Waals surface area contributed by atoms with Gasteiger partial charge >= 0.3 is 23.9 Å². The van der Waals surface area contributed by atoms with Gasteiger partial charge in [-0.15, -0.1) is 0 Å². The van der Waals surface area contributed by atoms with Crippen molar-refractivity contribution in [3.05, 3.63) is 93.0 Å². The molecule has 0 bridgehead atoms. The van der Waals surface area contributed by atoms with Crippen molar-refractivity contribution >= 4 is 23.9 Å². The number of fused-ring (bicyclic) bond motifs is 12. The van der Waals surface area contributed by atoms with Gasteiger partial charge in [0.25, 0.3) is 0 Å². The highest BCUT2D eigenvalue weighted by molar-refractivity contribution is 5.77. The molecule has 0 amide bonds. The normalized spacial score (nSPS) is 45.6. The molecule has 4 aromatic carbocycles. The fourth-order valence-corrected chi connectivity index (χ4v) is 12.8. The van der Waals surface area contributed by atoms with Gasteiger partial charge < -0.3 is 79.8 Å². The van der Waals surface area contributed by atoms with Crippen molar-refractivity contribution in [3.63, 3.8) is 0 Å². The van der Waals surface area contributed by atoms with Crippen molar-refractivity contribution in [2.75, 3.05) is 109 Å². The van der Waals surface area contributed by atoms with Crippen molar-refractivity contribution in [2.45, 2.75) is 260 Å². The lowest BCUT2D eigenvalue weighted by Crippen LogP contribution is -2.51. The minimum atomic E-state index is -4.11. The molecule has 0 radical (unpaired) electrons. The molecule has 8 N–H and O–H groups in total. The summed E-state index contributed by atoms with van der Waals surface area (Å²) in [6.07, 6.45) is -39.9. The Morgan fingerprint density at radius 1 is 0.350 bits per heavy atom. The molecular weight excluding hydrogens is 1520 g/mol. The highest BCUT2D eigenvalue weighted by Gasteiger charge is 2.47. The van der Waals surface area contributed by atoms with E-state index < -0.39 is 421 Å². The summed E-state index contributed by atoms with van der Waals surface area (Å²) in [5.41, 5.74) is 18.4. The van der Waals surface area contributed by atoms with Crippen LogP contribution in [0.15, 0.2) is 48.5 Å². The number of rotatable bonds is 28. The second-order valence-electron chi connectivity index (χ2n) is 28.9. The number of benzene rings is 4. The molecule has 4 saturated heterocycles. The lowest BCUT2D eigenvalue weighted by atomic mass is 9.79. The second-order valence-corrected chi connectivity index (χ2v) is 28.9. The van der Waals surface area contributed by atoms with E-state index in [9.17, 15) is 41.1 Å². The molecule has 0 spiro atoms. The number of hydrogen-bond acceptors (Lipinski definition) is 24. The molecule has 12 rings (SSSR count). The number of ether oxygens (including phenoxy) is 12. The largest absolute Gasteiger partial charge is 0.493 e. The maximum Gasteiger partial charge on any atom is 0.323 e. The van der Waals surface area contributed by atoms with Crippen LogP contribution in [-0.4, -0.2) is 201 Å². The number of methoxy groups -OCH3 is 8. The van der Waals surface area contributed by atoms with Gasteiger partial charge in [-0.1, -0.05) is 110 Å². The summed E-state index contributed by atoms with van der Waals surface area (Å²) in [6, 6.07) is -17.7. The van der Waals surface area contributed by atoms with Crippen LogP contribution in [-0.2, 0) is 63.6 Å². The van der Waals surface area contributed by atoms with Crippen LogP contribution >= 0.6 is 0 Å². The lowest BCUT2D eigenvalue weighted by molar-refractivity contribution is -0.161. The van der Waals surface area contributed by atoms with Crippen molar-refractivity contribution in [3.8, 4) is 46.0 Å². The zero-order chi connectivity index (χ0) is 153. The average molecular weight is 1750 g/mol. The first-order chi connectivity index (χ1) is 85.4. The number of nitrogens with zero attached hydrogens (tertiary/aromatic N) is 4. The van der Waals surface area contributed by atoms with Crippen LogP contribution in [0, 0.1) is 70.8 Å². The van der Waals surface area contributed by atoms with E-state index >= 15 is 0 Å². The molecule has 672 valence electrons.